The van der Waals surface area contributed by atoms with Gasteiger partial charge < -0.3 is 15.1 Å². The van der Waals surface area contributed by atoms with Crippen molar-refractivity contribution in [1.29, 1.82) is 0 Å². The summed E-state index contributed by atoms with van der Waals surface area (Å²) in [6.07, 6.45) is 5.13. The molecule has 1 saturated heterocycles. The number of piperidine rings is 1. The number of aliphatic carboxylic acids is 2. The minimum absolute atomic E-state index is 0.0992. The highest BCUT2D eigenvalue weighted by molar-refractivity contribution is 5.89. The van der Waals surface area contributed by atoms with Gasteiger partial charge in [0.2, 0.25) is 0 Å². The lowest BCUT2D eigenvalue weighted by Crippen LogP contribution is -2.40. The van der Waals surface area contributed by atoms with Gasteiger partial charge in [-0.15, -0.1) is 0 Å². The van der Waals surface area contributed by atoms with Crippen LogP contribution >= 0.6 is 0 Å². The molecule has 0 bridgehead atoms. The highest BCUT2D eigenvalue weighted by Crippen LogP contribution is 2.32. The molecule has 2 N–H and O–H groups in total. The number of rotatable bonds is 5. The van der Waals surface area contributed by atoms with Gasteiger partial charge in [0.25, 0.3) is 0 Å². The van der Waals surface area contributed by atoms with Gasteiger partial charge in [-0.3, -0.25) is 9.89 Å². The number of carboxylic acids is 2. The van der Waals surface area contributed by atoms with E-state index in [4.69, 9.17) is 15.2 Å². The number of carboxylic acid groups (broad SMARTS) is 2. The van der Waals surface area contributed by atoms with E-state index in [1.807, 2.05) is 0 Å². The number of likely N-dealkylation sites (N-methyl/N-ethyl adjacent to an activating group) is 1. The maximum atomic E-state index is 9.55. The Hall–Kier alpha value is -3.45. The van der Waals surface area contributed by atoms with Gasteiger partial charge in [0.1, 0.15) is 11.9 Å². The van der Waals surface area contributed by atoms with Crippen molar-refractivity contribution >= 4 is 17.8 Å². The lowest BCUT2D eigenvalue weighted by atomic mass is 9.95. The van der Waals surface area contributed by atoms with Crippen molar-refractivity contribution in [1.82, 2.24) is 9.80 Å². The molecule has 7 nitrogen and oxygen atoms in total. The molecule has 0 spiro atoms. The topological polar surface area (TPSA) is 93.4 Å². The third-order valence-corrected chi connectivity index (χ3v) is 5.77. The molecule has 2 aliphatic heterocycles. The van der Waals surface area contributed by atoms with Crippen molar-refractivity contribution in [2.75, 3.05) is 26.7 Å². The molecule has 4 rings (SSSR count). The first-order chi connectivity index (χ1) is 15.9. The Morgan fingerprint density at radius 1 is 0.939 bits per heavy atom. The van der Waals surface area contributed by atoms with Crippen molar-refractivity contribution in [2.45, 2.75) is 31.8 Å². The molecule has 2 heterocycles. The van der Waals surface area contributed by atoms with Gasteiger partial charge in [-0.2, -0.15) is 0 Å². The van der Waals surface area contributed by atoms with Crippen LogP contribution in [-0.2, 0) is 16.1 Å². The number of hydrogen-bond acceptors (Lipinski definition) is 5. The molecule has 2 aromatic carbocycles. The Bertz CT molecular complexity index is 982. The summed E-state index contributed by atoms with van der Waals surface area (Å²) in [4.78, 5) is 29.3. The van der Waals surface area contributed by atoms with Crippen molar-refractivity contribution in [2.24, 2.45) is 4.99 Å². The number of carbonyl (C=O) groups is 2. The molecule has 0 radical (unpaired) electrons. The Labute approximate surface area is 194 Å². The van der Waals surface area contributed by atoms with Crippen molar-refractivity contribution in [3.8, 4) is 0 Å². The first kappa shape index (κ1) is 24.2. The van der Waals surface area contributed by atoms with Crippen LogP contribution in [0.2, 0.25) is 0 Å². The van der Waals surface area contributed by atoms with Gasteiger partial charge in [-0.1, -0.05) is 61.0 Å². The van der Waals surface area contributed by atoms with E-state index in [0.29, 0.717) is 12.2 Å². The molecule has 2 aliphatic rings. The van der Waals surface area contributed by atoms with Crippen LogP contribution in [0.1, 0.15) is 42.0 Å². The number of nitrogens with zero attached hydrogens (tertiary/aromatic N) is 3. The average Bonchev–Trinajstić information content (AvgIpc) is 2.96. The molecule has 2 aromatic rings. The minimum atomic E-state index is -1.26. The molecule has 1 atom stereocenters. The van der Waals surface area contributed by atoms with E-state index in [9.17, 15) is 9.59 Å². The predicted molar refractivity (Wildman–Crippen MR) is 128 cm³/mol. The zero-order chi connectivity index (χ0) is 23.6. The molecule has 7 heteroatoms. The summed E-state index contributed by atoms with van der Waals surface area (Å²) >= 11 is 0. The first-order valence-electron chi connectivity index (χ1n) is 11.2. The van der Waals surface area contributed by atoms with Crippen molar-refractivity contribution in [3.05, 3.63) is 83.4 Å². The minimum Gasteiger partial charge on any atom is -0.478 e. The van der Waals surface area contributed by atoms with Crippen LogP contribution < -0.4 is 0 Å². The Morgan fingerprint density at radius 3 is 2.18 bits per heavy atom. The van der Waals surface area contributed by atoms with Crippen LogP contribution in [0.25, 0.3) is 0 Å². The molecule has 1 unspecified atom stereocenters. The van der Waals surface area contributed by atoms with Crippen LogP contribution in [0.4, 0.5) is 0 Å². The van der Waals surface area contributed by atoms with E-state index >= 15 is 0 Å². The second-order valence-electron chi connectivity index (χ2n) is 8.26. The molecule has 174 valence electrons. The average molecular weight is 450 g/mol. The van der Waals surface area contributed by atoms with Gasteiger partial charge in [-0.05, 0) is 42.6 Å². The zero-order valence-electron chi connectivity index (χ0n) is 18.9. The first-order valence-corrected chi connectivity index (χ1v) is 11.2. The largest absolute Gasteiger partial charge is 0.478 e. The third kappa shape index (κ3) is 7.29. The van der Waals surface area contributed by atoms with E-state index in [1.54, 1.807) is 0 Å². The fraction of sp³-hybridized carbons (Fsp3) is 0.346. The van der Waals surface area contributed by atoms with Crippen LogP contribution in [0, 0.1) is 0 Å². The molecule has 0 aromatic heterocycles. The number of fused-ring (bicyclic) bond motifs is 1. The third-order valence-electron chi connectivity index (χ3n) is 5.77. The normalized spacial score (nSPS) is 18.5. The van der Waals surface area contributed by atoms with E-state index < -0.39 is 11.9 Å². The summed E-state index contributed by atoms with van der Waals surface area (Å²) in [5.74, 6) is -1.30. The molecule has 1 fully saturated rings. The second kappa shape index (κ2) is 12.0. The van der Waals surface area contributed by atoms with Crippen molar-refractivity contribution < 1.29 is 19.8 Å². The maximum Gasteiger partial charge on any atom is 0.328 e. The quantitative estimate of drug-likeness (QED) is 0.674. The maximum absolute atomic E-state index is 9.55. The molecule has 0 aliphatic carbocycles. The number of likely N-dealkylation sites (tertiary alicyclic amines) is 1. The smallest absolute Gasteiger partial charge is 0.328 e. The number of aliphatic imine (C=N–C) groups is 1. The predicted octanol–water partition coefficient (Wildman–Crippen LogP) is 3.82. The van der Waals surface area contributed by atoms with Gasteiger partial charge >= 0.3 is 11.9 Å². The van der Waals surface area contributed by atoms with Gasteiger partial charge in [0, 0.05) is 25.7 Å². The summed E-state index contributed by atoms with van der Waals surface area (Å²) in [6.45, 7) is 4.31. The summed E-state index contributed by atoms with van der Waals surface area (Å²) < 4.78 is 0. The second-order valence-corrected chi connectivity index (χ2v) is 8.26. The van der Waals surface area contributed by atoms with Gasteiger partial charge in [0.15, 0.2) is 0 Å². The van der Waals surface area contributed by atoms with E-state index in [2.05, 4.69) is 71.4 Å². The Balaban J connectivity index is 0.000000331. The Morgan fingerprint density at radius 2 is 1.55 bits per heavy atom. The fourth-order valence-electron chi connectivity index (χ4n) is 4.12. The van der Waals surface area contributed by atoms with E-state index in [-0.39, 0.29) is 6.04 Å². The molecule has 33 heavy (non-hydrogen) atoms. The zero-order valence-corrected chi connectivity index (χ0v) is 18.9. The van der Waals surface area contributed by atoms with E-state index in [0.717, 1.165) is 13.1 Å². The van der Waals surface area contributed by atoms with Gasteiger partial charge in [-0.25, -0.2) is 9.59 Å². The summed E-state index contributed by atoms with van der Waals surface area (Å²) in [6, 6.07) is 19.6. The molecular formula is C26H31N3O4. The monoisotopic (exact) mass is 449 g/mol. The highest BCUT2D eigenvalue weighted by atomic mass is 16.4. The Kier molecular flexibility index (Phi) is 8.78. The van der Waals surface area contributed by atoms with Crippen LogP contribution in [-0.4, -0.2) is 64.5 Å². The fourth-order valence-corrected chi connectivity index (χ4v) is 4.12. The number of benzene rings is 2. The summed E-state index contributed by atoms with van der Waals surface area (Å²) in [7, 11) is 2.19. The SMILES string of the molecule is CN1Cc2ccccc2C(c2ccccc2)N=C1CN1CCCCC1.O=C(O)/C=C/C(=O)O. The molecule has 0 amide bonds. The van der Waals surface area contributed by atoms with Crippen LogP contribution in [0.5, 0.6) is 0 Å². The summed E-state index contributed by atoms with van der Waals surface area (Å²) in [5, 5.41) is 15.6. The van der Waals surface area contributed by atoms with E-state index in [1.165, 1.54) is 54.9 Å². The highest BCUT2D eigenvalue weighted by Gasteiger charge is 2.24. The lowest BCUT2D eigenvalue weighted by Gasteiger charge is -2.30. The van der Waals surface area contributed by atoms with Crippen LogP contribution in [0.15, 0.2) is 71.7 Å². The number of amidine groups is 1. The molecule has 0 saturated carbocycles. The van der Waals surface area contributed by atoms with Crippen molar-refractivity contribution in [3.63, 3.8) is 0 Å². The standard InChI is InChI=1S/C22H27N3.C4H4O4/c1-24-16-19-12-6-7-13-20(19)22(18-10-4-2-5-11-18)23-21(24)17-25-14-8-3-9-15-25;5-3(6)1-2-4(7)8/h2,4-7,10-13,22H,3,8-9,14-17H2,1H3;1-2H,(H,5,6)(H,7,8)/b;2-1+. The number of hydrogen-bond donors (Lipinski definition) is 2. The van der Waals surface area contributed by atoms with Gasteiger partial charge in [0.05, 0.1) is 6.54 Å². The van der Waals surface area contributed by atoms with Crippen LogP contribution in [0.3, 0.4) is 0 Å². The summed E-state index contributed by atoms with van der Waals surface area (Å²) in [5.41, 5.74) is 4.01. The molecular weight excluding hydrogens is 418 g/mol. The lowest BCUT2D eigenvalue weighted by molar-refractivity contribution is -0.134.